The average Bonchev–Trinajstić information content (AvgIpc) is 3.11. The maximum atomic E-state index is 13.5. The molecule has 0 unspecified atom stereocenters. The smallest absolute Gasteiger partial charge is 0.233 e. The molecule has 1 saturated heterocycles. The van der Waals surface area contributed by atoms with E-state index in [9.17, 15) is 9.18 Å². The molecule has 6 nitrogen and oxygen atoms in total. The van der Waals surface area contributed by atoms with Gasteiger partial charge in [0.1, 0.15) is 11.9 Å². The second-order valence-corrected chi connectivity index (χ2v) is 9.32. The molecule has 0 radical (unpaired) electrons. The fourth-order valence-corrected chi connectivity index (χ4v) is 4.59. The van der Waals surface area contributed by atoms with Crippen LogP contribution in [0.4, 0.5) is 4.39 Å². The number of benzene rings is 1. The highest BCUT2D eigenvalue weighted by molar-refractivity contribution is 8.00. The van der Waals surface area contributed by atoms with Gasteiger partial charge >= 0.3 is 0 Å². The lowest BCUT2D eigenvalue weighted by molar-refractivity contribution is -0.935. The molecule has 2 heterocycles. The minimum atomic E-state index is -0.314. The first-order valence-electron chi connectivity index (χ1n) is 10.4. The Hall–Kier alpha value is -1.93. The molecule has 0 bridgehead atoms. The number of amides is 1. The molecule has 0 saturated carbocycles. The predicted molar refractivity (Wildman–Crippen MR) is 113 cm³/mol. The molecule has 2 aromatic rings. The van der Waals surface area contributed by atoms with E-state index in [0.29, 0.717) is 5.16 Å². The average molecular weight is 421 g/mol. The highest BCUT2D eigenvalue weighted by Crippen LogP contribution is 2.28. The van der Waals surface area contributed by atoms with Crippen molar-refractivity contribution in [1.29, 1.82) is 0 Å². The number of hydrogen-bond acceptors (Lipinski definition) is 4. The molecule has 0 aliphatic carbocycles. The summed E-state index contributed by atoms with van der Waals surface area (Å²) < 4.78 is 15.5. The van der Waals surface area contributed by atoms with Crippen molar-refractivity contribution in [3.8, 4) is 5.69 Å². The Morgan fingerprint density at radius 1 is 1.10 bits per heavy atom. The van der Waals surface area contributed by atoms with E-state index in [0.717, 1.165) is 24.6 Å². The molecule has 1 amide bonds. The normalized spacial score (nSPS) is 17.3. The van der Waals surface area contributed by atoms with E-state index in [1.165, 1.54) is 48.1 Å². The van der Waals surface area contributed by atoms with E-state index in [1.807, 2.05) is 25.3 Å². The zero-order chi connectivity index (χ0) is 21.0. The number of rotatable bonds is 7. The second kappa shape index (κ2) is 9.71. The predicted octanol–water partition coefficient (Wildman–Crippen LogP) is 2.54. The SMILES string of the molecule is CC(C)NC(=O)[C@H](C)Sc1nnc([C@H](C)[NH+]2CCCCC2)n1-c1ccc(F)cc1. The summed E-state index contributed by atoms with van der Waals surface area (Å²) >= 11 is 1.38. The lowest BCUT2D eigenvalue weighted by Crippen LogP contribution is -3.12. The van der Waals surface area contributed by atoms with Gasteiger partial charge in [0.05, 0.1) is 18.3 Å². The third-order valence-electron chi connectivity index (χ3n) is 5.32. The Labute approximate surface area is 176 Å². The van der Waals surface area contributed by atoms with Crippen molar-refractivity contribution in [3.63, 3.8) is 0 Å². The molecule has 1 aromatic carbocycles. The first kappa shape index (κ1) is 21.8. The number of carbonyl (C=O) groups excluding carboxylic acids is 1. The van der Waals surface area contributed by atoms with Crippen LogP contribution in [-0.4, -0.2) is 45.1 Å². The number of piperidine rings is 1. The van der Waals surface area contributed by atoms with Gasteiger partial charge < -0.3 is 10.2 Å². The summed E-state index contributed by atoms with van der Waals surface area (Å²) in [5.74, 6) is 0.541. The maximum Gasteiger partial charge on any atom is 0.233 e. The van der Waals surface area contributed by atoms with E-state index >= 15 is 0 Å². The highest BCUT2D eigenvalue weighted by Gasteiger charge is 2.29. The van der Waals surface area contributed by atoms with Crippen molar-refractivity contribution in [2.75, 3.05) is 13.1 Å². The van der Waals surface area contributed by atoms with E-state index in [1.54, 1.807) is 12.1 Å². The van der Waals surface area contributed by atoms with Crippen molar-refractivity contribution in [2.45, 2.75) is 69.4 Å². The molecule has 3 rings (SSSR count). The minimum absolute atomic E-state index is 0.0325. The van der Waals surface area contributed by atoms with E-state index < -0.39 is 0 Å². The molecule has 2 N–H and O–H groups in total. The fourth-order valence-electron chi connectivity index (χ4n) is 3.71. The van der Waals surface area contributed by atoms with Crippen LogP contribution in [0, 0.1) is 5.82 Å². The van der Waals surface area contributed by atoms with Crippen molar-refractivity contribution in [2.24, 2.45) is 0 Å². The molecular weight excluding hydrogens is 389 g/mol. The highest BCUT2D eigenvalue weighted by atomic mass is 32.2. The van der Waals surface area contributed by atoms with Crippen LogP contribution in [-0.2, 0) is 4.79 Å². The van der Waals surface area contributed by atoms with Gasteiger partial charge in [-0.25, -0.2) is 4.39 Å². The largest absolute Gasteiger partial charge is 0.353 e. The maximum absolute atomic E-state index is 13.5. The molecule has 158 valence electrons. The summed E-state index contributed by atoms with van der Waals surface area (Å²) in [7, 11) is 0. The molecule has 1 aliphatic rings. The standard InChI is InChI=1S/C21H30FN5OS/c1-14(2)23-20(28)16(4)29-21-25-24-19(15(3)26-12-6-5-7-13-26)27(21)18-10-8-17(22)9-11-18/h8-11,14-16H,5-7,12-13H2,1-4H3,(H,23,28)/p+1/t15-,16-/m0/s1. The van der Waals surface area contributed by atoms with Crippen LogP contribution in [0.1, 0.15) is 58.8 Å². The minimum Gasteiger partial charge on any atom is -0.353 e. The van der Waals surface area contributed by atoms with Crippen LogP contribution >= 0.6 is 11.8 Å². The Balaban J connectivity index is 1.92. The number of aromatic nitrogens is 3. The first-order valence-corrected chi connectivity index (χ1v) is 11.3. The van der Waals surface area contributed by atoms with E-state index in [2.05, 4.69) is 22.4 Å². The van der Waals surface area contributed by atoms with E-state index in [-0.39, 0.29) is 29.1 Å². The number of halogens is 1. The van der Waals surface area contributed by atoms with Gasteiger partial charge in [0.25, 0.3) is 0 Å². The van der Waals surface area contributed by atoms with Gasteiger partial charge in [-0.15, -0.1) is 10.2 Å². The van der Waals surface area contributed by atoms with Gasteiger partial charge in [-0.2, -0.15) is 0 Å². The molecule has 2 atom stereocenters. The van der Waals surface area contributed by atoms with Crippen LogP contribution in [0.5, 0.6) is 0 Å². The molecule has 1 aliphatic heterocycles. The van der Waals surface area contributed by atoms with Gasteiger partial charge in [0, 0.05) is 11.7 Å². The Kier molecular flexibility index (Phi) is 7.29. The molecule has 29 heavy (non-hydrogen) atoms. The first-order chi connectivity index (χ1) is 13.9. The molecule has 8 heteroatoms. The number of quaternary nitrogens is 1. The number of carbonyl (C=O) groups is 1. The summed E-state index contributed by atoms with van der Waals surface area (Å²) in [5, 5.41) is 12.2. The van der Waals surface area contributed by atoms with Gasteiger partial charge in [0.2, 0.25) is 5.91 Å². The fraction of sp³-hybridized carbons (Fsp3) is 0.571. The van der Waals surface area contributed by atoms with Crippen LogP contribution in [0.15, 0.2) is 29.4 Å². The van der Waals surface area contributed by atoms with Crippen LogP contribution in [0.2, 0.25) is 0 Å². The Morgan fingerprint density at radius 3 is 2.38 bits per heavy atom. The summed E-state index contributed by atoms with van der Waals surface area (Å²) in [6.45, 7) is 10.2. The lowest BCUT2D eigenvalue weighted by Gasteiger charge is -2.29. The Bertz CT molecular complexity index is 817. The number of thioether (sulfide) groups is 1. The zero-order valence-corrected chi connectivity index (χ0v) is 18.4. The summed E-state index contributed by atoms with van der Waals surface area (Å²) in [5.41, 5.74) is 0.814. The van der Waals surface area contributed by atoms with Crippen molar-refractivity contribution in [1.82, 2.24) is 20.1 Å². The second-order valence-electron chi connectivity index (χ2n) is 8.02. The third-order valence-corrected chi connectivity index (χ3v) is 6.36. The van der Waals surface area contributed by atoms with Crippen molar-refractivity contribution in [3.05, 3.63) is 35.9 Å². The summed E-state index contributed by atoms with van der Waals surface area (Å²) in [6, 6.07) is 6.62. The van der Waals surface area contributed by atoms with Gasteiger partial charge in [-0.3, -0.25) is 9.36 Å². The number of nitrogens with zero attached hydrogens (tertiary/aromatic N) is 3. The molecule has 0 spiro atoms. The number of hydrogen-bond donors (Lipinski definition) is 2. The molecule has 1 aromatic heterocycles. The zero-order valence-electron chi connectivity index (χ0n) is 17.6. The van der Waals surface area contributed by atoms with Crippen LogP contribution in [0.3, 0.4) is 0 Å². The van der Waals surface area contributed by atoms with Gasteiger partial charge in [-0.05, 0) is 71.2 Å². The van der Waals surface area contributed by atoms with Crippen molar-refractivity contribution < 1.29 is 14.1 Å². The Morgan fingerprint density at radius 2 is 1.76 bits per heavy atom. The quantitative estimate of drug-likeness (QED) is 0.676. The van der Waals surface area contributed by atoms with Crippen LogP contribution < -0.4 is 10.2 Å². The van der Waals surface area contributed by atoms with Crippen LogP contribution in [0.25, 0.3) is 5.69 Å². The third kappa shape index (κ3) is 5.36. The van der Waals surface area contributed by atoms with Gasteiger partial charge in [-0.1, -0.05) is 11.8 Å². The summed E-state index contributed by atoms with van der Waals surface area (Å²) in [4.78, 5) is 13.9. The van der Waals surface area contributed by atoms with Gasteiger partial charge in [0.15, 0.2) is 11.0 Å². The summed E-state index contributed by atoms with van der Waals surface area (Å²) in [6.07, 6.45) is 3.72. The monoisotopic (exact) mass is 420 g/mol. The number of nitrogens with one attached hydrogen (secondary N) is 2. The number of likely N-dealkylation sites (tertiary alicyclic amines) is 1. The molecular formula is C21H31FN5OS+. The topological polar surface area (TPSA) is 64.2 Å². The van der Waals surface area contributed by atoms with Crippen molar-refractivity contribution >= 4 is 17.7 Å². The lowest BCUT2D eigenvalue weighted by atomic mass is 10.1. The van der Waals surface area contributed by atoms with E-state index in [4.69, 9.17) is 0 Å². The molecule has 1 fully saturated rings.